The third-order valence-electron chi connectivity index (χ3n) is 5.49. The molecule has 3 N–H and O–H groups in total. The van der Waals surface area contributed by atoms with Crippen molar-refractivity contribution in [3.05, 3.63) is 23.9 Å². The average molecular weight is 425 g/mol. The summed E-state index contributed by atoms with van der Waals surface area (Å²) in [7, 11) is 1.39. The molecule has 10 heteroatoms. The van der Waals surface area contributed by atoms with Gasteiger partial charge in [-0.05, 0) is 25.0 Å². The van der Waals surface area contributed by atoms with Gasteiger partial charge in [0.15, 0.2) is 0 Å². The number of halogens is 1. The summed E-state index contributed by atoms with van der Waals surface area (Å²) in [6.45, 7) is 4.56. The van der Waals surface area contributed by atoms with Crippen molar-refractivity contribution in [2.45, 2.75) is 12.8 Å². The predicted octanol–water partition coefficient (Wildman–Crippen LogP) is 0.321. The molecule has 0 aliphatic carbocycles. The average Bonchev–Trinajstić information content (AvgIpc) is 2.74. The van der Waals surface area contributed by atoms with E-state index in [9.17, 15) is 9.59 Å². The van der Waals surface area contributed by atoms with Crippen LogP contribution in [0.15, 0.2) is 18.3 Å². The van der Waals surface area contributed by atoms with Crippen molar-refractivity contribution in [3.8, 4) is 0 Å². The topological polar surface area (TPSA) is 116 Å². The summed E-state index contributed by atoms with van der Waals surface area (Å²) in [5.74, 6) is 0.886. The van der Waals surface area contributed by atoms with Gasteiger partial charge in [-0.3, -0.25) is 19.9 Å². The van der Waals surface area contributed by atoms with Crippen LogP contribution in [0.5, 0.6) is 0 Å². The molecule has 2 fully saturated rings. The Morgan fingerprint density at radius 3 is 2.34 bits per heavy atom. The first kappa shape index (κ1) is 22.9. The lowest BCUT2D eigenvalue weighted by atomic mass is 9.95. The number of methoxy groups -OCH3 is 1. The lowest BCUT2D eigenvalue weighted by Crippen LogP contribution is -2.52. The van der Waals surface area contributed by atoms with E-state index in [1.54, 1.807) is 12.3 Å². The summed E-state index contributed by atoms with van der Waals surface area (Å²) in [4.78, 5) is 34.7. The molecule has 3 heterocycles. The lowest BCUT2D eigenvalue weighted by Gasteiger charge is -2.38. The largest absolute Gasteiger partial charge is 0.468 e. The molecular formula is C19H29ClN6O3. The summed E-state index contributed by atoms with van der Waals surface area (Å²) in [5.41, 5.74) is 6.08. The second-order valence-corrected chi connectivity index (χ2v) is 7.26. The van der Waals surface area contributed by atoms with Crippen molar-refractivity contribution < 1.29 is 14.3 Å². The smallest absolute Gasteiger partial charge is 0.319 e. The van der Waals surface area contributed by atoms with Crippen molar-refractivity contribution in [1.82, 2.24) is 14.8 Å². The fraction of sp³-hybridized carbons (Fsp3) is 0.579. The molecule has 1 aromatic rings. The maximum absolute atomic E-state index is 12.8. The van der Waals surface area contributed by atoms with E-state index in [-0.39, 0.29) is 42.6 Å². The van der Waals surface area contributed by atoms with E-state index >= 15 is 0 Å². The van der Waals surface area contributed by atoms with Crippen molar-refractivity contribution in [2.75, 3.05) is 57.8 Å². The first-order valence-electron chi connectivity index (χ1n) is 9.61. The SMILES string of the molecule is COC(=O)CN1CCN(C(=O)C2CCN(c3ccc(C(=N)N)cn3)CC2)CC1.Cl. The number of nitrogens with zero attached hydrogens (tertiary/aromatic N) is 4. The van der Waals surface area contributed by atoms with Crippen molar-refractivity contribution in [3.63, 3.8) is 0 Å². The molecule has 9 nitrogen and oxygen atoms in total. The molecule has 2 aliphatic heterocycles. The van der Waals surface area contributed by atoms with E-state index in [4.69, 9.17) is 15.9 Å². The number of esters is 1. The van der Waals surface area contributed by atoms with Crippen LogP contribution in [0.3, 0.4) is 0 Å². The van der Waals surface area contributed by atoms with Gasteiger partial charge in [-0.15, -0.1) is 12.4 Å². The number of rotatable bonds is 5. The molecule has 0 radical (unpaired) electrons. The molecule has 0 atom stereocenters. The number of carbonyl (C=O) groups is 2. The van der Waals surface area contributed by atoms with E-state index in [0.717, 1.165) is 31.7 Å². The first-order chi connectivity index (χ1) is 13.5. The van der Waals surface area contributed by atoms with Crippen LogP contribution in [0.25, 0.3) is 0 Å². The van der Waals surface area contributed by atoms with E-state index < -0.39 is 0 Å². The number of hydrogen-bond acceptors (Lipinski definition) is 7. The lowest BCUT2D eigenvalue weighted by molar-refractivity contribution is -0.143. The molecular weight excluding hydrogens is 396 g/mol. The van der Waals surface area contributed by atoms with Gasteiger partial charge >= 0.3 is 5.97 Å². The number of hydrogen-bond donors (Lipinski definition) is 2. The maximum Gasteiger partial charge on any atom is 0.319 e. The predicted molar refractivity (Wildman–Crippen MR) is 112 cm³/mol. The number of nitrogen functional groups attached to an aromatic ring is 1. The maximum atomic E-state index is 12.8. The fourth-order valence-corrected chi connectivity index (χ4v) is 3.72. The monoisotopic (exact) mass is 424 g/mol. The molecule has 3 rings (SSSR count). The molecule has 1 aromatic heterocycles. The van der Waals surface area contributed by atoms with Crippen LogP contribution in [0.1, 0.15) is 18.4 Å². The molecule has 0 unspecified atom stereocenters. The third-order valence-corrected chi connectivity index (χ3v) is 5.49. The van der Waals surface area contributed by atoms with E-state index in [0.29, 0.717) is 31.7 Å². The molecule has 0 aromatic carbocycles. The number of piperidine rings is 1. The summed E-state index contributed by atoms with van der Waals surface area (Å²) in [6, 6.07) is 3.68. The van der Waals surface area contributed by atoms with Gasteiger partial charge in [-0.1, -0.05) is 0 Å². The number of pyridine rings is 1. The van der Waals surface area contributed by atoms with Gasteiger partial charge in [0.2, 0.25) is 5.91 Å². The van der Waals surface area contributed by atoms with Gasteiger partial charge in [0.05, 0.1) is 13.7 Å². The number of carbonyl (C=O) groups excluding carboxylic acids is 2. The van der Waals surface area contributed by atoms with Crippen LogP contribution in [0.4, 0.5) is 5.82 Å². The van der Waals surface area contributed by atoms with Crippen LogP contribution >= 0.6 is 12.4 Å². The number of piperazine rings is 1. The summed E-state index contributed by atoms with van der Waals surface area (Å²) >= 11 is 0. The zero-order valence-electron chi connectivity index (χ0n) is 16.7. The normalized spacial score (nSPS) is 18.1. The van der Waals surface area contributed by atoms with Crippen molar-refractivity contribution in [2.24, 2.45) is 11.7 Å². The molecule has 2 aliphatic rings. The van der Waals surface area contributed by atoms with Gasteiger partial charge < -0.3 is 20.3 Å². The summed E-state index contributed by atoms with van der Waals surface area (Å²) in [5, 5.41) is 7.43. The molecule has 160 valence electrons. The highest BCUT2D eigenvalue weighted by Gasteiger charge is 2.31. The highest BCUT2D eigenvalue weighted by Crippen LogP contribution is 2.24. The van der Waals surface area contributed by atoms with Gasteiger partial charge in [-0.2, -0.15) is 0 Å². The van der Waals surface area contributed by atoms with Gasteiger partial charge in [0, 0.05) is 56.9 Å². The highest BCUT2D eigenvalue weighted by molar-refractivity contribution is 5.94. The second-order valence-electron chi connectivity index (χ2n) is 7.26. The van der Waals surface area contributed by atoms with Crippen molar-refractivity contribution in [1.29, 1.82) is 5.41 Å². The van der Waals surface area contributed by atoms with Crippen LogP contribution in [0, 0.1) is 11.3 Å². The van der Waals surface area contributed by atoms with Gasteiger partial charge in [0.25, 0.3) is 0 Å². The van der Waals surface area contributed by atoms with E-state index in [2.05, 4.69) is 9.88 Å². The summed E-state index contributed by atoms with van der Waals surface area (Å²) in [6.07, 6.45) is 3.22. The van der Waals surface area contributed by atoms with Crippen LogP contribution in [0.2, 0.25) is 0 Å². The minimum Gasteiger partial charge on any atom is -0.468 e. The number of nitrogens with one attached hydrogen (secondary N) is 1. The number of anilines is 1. The Morgan fingerprint density at radius 1 is 1.17 bits per heavy atom. The molecule has 1 amide bonds. The first-order valence-corrected chi connectivity index (χ1v) is 9.61. The van der Waals surface area contributed by atoms with Crippen LogP contribution in [-0.4, -0.2) is 85.4 Å². The Morgan fingerprint density at radius 2 is 1.83 bits per heavy atom. The Bertz CT molecular complexity index is 713. The zero-order valence-corrected chi connectivity index (χ0v) is 17.5. The standard InChI is InChI=1S/C19H28N6O3.ClH/c1-28-17(26)13-23-8-10-25(11-9-23)19(27)14-4-6-24(7-5-14)16-3-2-15(12-22-16)18(20)21;/h2-3,12,14H,4-11,13H2,1H3,(H3,20,21);1H. The quantitative estimate of drug-likeness (QED) is 0.397. The molecule has 0 bridgehead atoms. The van der Waals surface area contributed by atoms with E-state index in [1.807, 2.05) is 15.9 Å². The Labute approximate surface area is 177 Å². The third kappa shape index (κ3) is 5.80. The minimum atomic E-state index is -0.239. The number of aromatic nitrogens is 1. The summed E-state index contributed by atoms with van der Waals surface area (Å²) < 4.78 is 4.70. The van der Waals surface area contributed by atoms with Crippen molar-refractivity contribution >= 4 is 35.9 Å². The molecule has 0 spiro atoms. The Balaban J connectivity index is 0.00000300. The molecule has 2 saturated heterocycles. The van der Waals surface area contributed by atoms with E-state index in [1.165, 1.54) is 7.11 Å². The molecule has 0 saturated carbocycles. The Kier molecular flexibility index (Phi) is 8.21. The second kappa shape index (κ2) is 10.4. The number of amides is 1. The van der Waals surface area contributed by atoms with Gasteiger partial charge in [0.1, 0.15) is 11.7 Å². The number of amidine groups is 1. The fourth-order valence-electron chi connectivity index (χ4n) is 3.72. The van der Waals surface area contributed by atoms with Gasteiger partial charge in [-0.25, -0.2) is 4.98 Å². The van der Waals surface area contributed by atoms with Crippen LogP contribution in [-0.2, 0) is 14.3 Å². The highest BCUT2D eigenvalue weighted by atomic mass is 35.5. The number of nitrogens with two attached hydrogens (primary N) is 1. The van der Waals surface area contributed by atoms with Crippen LogP contribution < -0.4 is 10.6 Å². The number of ether oxygens (including phenoxy) is 1. The minimum absolute atomic E-state index is 0. The Hall–Kier alpha value is -2.39. The molecule has 29 heavy (non-hydrogen) atoms. The zero-order chi connectivity index (χ0) is 20.1.